The predicted octanol–water partition coefficient (Wildman–Crippen LogP) is 2.78. The number of hydrogen-bond donors (Lipinski definition) is 1. The van der Waals surface area contributed by atoms with E-state index < -0.39 is 6.67 Å². The van der Waals surface area contributed by atoms with E-state index in [1.807, 2.05) is 42.2 Å². The van der Waals surface area contributed by atoms with Gasteiger partial charge >= 0.3 is 0 Å². The van der Waals surface area contributed by atoms with Gasteiger partial charge in [0.25, 0.3) is 0 Å². The van der Waals surface area contributed by atoms with Crippen molar-refractivity contribution in [2.75, 3.05) is 19.8 Å². The molecule has 4 rings (SSSR count). The monoisotopic (exact) mass is 328 g/mol. The zero-order chi connectivity index (χ0) is 16.7. The molecule has 0 spiro atoms. The van der Waals surface area contributed by atoms with Gasteiger partial charge in [-0.1, -0.05) is 37.3 Å². The molecule has 0 unspecified atom stereocenters. The van der Waals surface area contributed by atoms with Crippen molar-refractivity contribution < 1.29 is 9.18 Å². The summed E-state index contributed by atoms with van der Waals surface area (Å²) in [6.07, 6.45) is 1.88. The summed E-state index contributed by atoms with van der Waals surface area (Å²) in [6.45, 7) is 2.53. The van der Waals surface area contributed by atoms with E-state index in [0.29, 0.717) is 24.7 Å². The molecule has 2 atom stereocenters. The lowest BCUT2D eigenvalue weighted by atomic mass is 9.97. The normalized spacial score (nSPS) is 25.0. The van der Waals surface area contributed by atoms with Crippen molar-refractivity contribution in [2.24, 2.45) is 11.3 Å². The molecule has 1 aliphatic carbocycles. The number of likely N-dealkylation sites (tertiary alicyclic amines) is 1. The summed E-state index contributed by atoms with van der Waals surface area (Å²) >= 11 is 0. The molecule has 24 heavy (non-hydrogen) atoms. The number of rotatable bonds is 4. The first-order valence-corrected chi connectivity index (χ1v) is 8.44. The van der Waals surface area contributed by atoms with Gasteiger partial charge in [-0.2, -0.15) is 5.10 Å². The molecule has 1 amide bonds. The zero-order valence-corrected chi connectivity index (χ0v) is 13.7. The molecule has 2 aromatic rings. The van der Waals surface area contributed by atoms with Crippen LogP contribution >= 0.6 is 0 Å². The Labute approximate surface area is 140 Å². The van der Waals surface area contributed by atoms with E-state index in [1.165, 1.54) is 0 Å². The summed E-state index contributed by atoms with van der Waals surface area (Å²) in [7, 11) is 0. The lowest BCUT2D eigenvalue weighted by Crippen LogP contribution is -2.34. The summed E-state index contributed by atoms with van der Waals surface area (Å²) in [5, 5.41) is 7.23. The number of nitrogens with one attached hydrogen (secondary N) is 1. The van der Waals surface area contributed by atoms with Crippen molar-refractivity contribution >= 4 is 5.91 Å². The van der Waals surface area contributed by atoms with Crippen LogP contribution in [0.4, 0.5) is 4.39 Å². The number of carbonyl (C=O) groups is 1. The molecule has 0 bridgehead atoms. The number of hydrogen-bond acceptors (Lipinski definition) is 3. The van der Waals surface area contributed by atoms with Crippen molar-refractivity contribution in [2.45, 2.75) is 25.7 Å². The maximum atomic E-state index is 13.5. The fraction of sp³-hybridized carbons (Fsp3) is 0.500. The first kappa shape index (κ1) is 15.3. The molecule has 0 radical (unpaired) electrons. The first-order valence-electron chi connectivity index (χ1n) is 8.44. The van der Waals surface area contributed by atoms with Crippen molar-refractivity contribution in [3.63, 3.8) is 0 Å². The molecule has 2 heterocycles. The molecular formula is C18H21FN4O. The molecule has 1 saturated heterocycles. The number of H-pyrrole nitrogens is 1. The highest BCUT2D eigenvalue weighted by Crippen LogP contribution is 2.48. The Morgan fingerprint density at radius 1 is 1.33 bits per heavy atom. The quantitative estimate of drug-likeness (QED) is 0.939. The van der Waals surface area contributed by atoms with Gasteiger partial charge in [0.2, 0.25) is 5.91 Å². The van der Waals surface area contributed by atoms with E-state index in [0.717, 1.165) is 18.4 Å². The number of aromatic nitrogens is 3. The average Bonchev–Trinajstić information content (AvgIpc) is 3.06. The van der Waals surface area contributed by atoms with Crippen LogP contribution in [0, 0.1) is 11.3 Å². The van der Waals surface area contributed by atoms with Gasteiger partial charge in [-0.15, -0.1) is 0 Å². The smallest absolute Gasteiger partial charge is 0.228 e. The zero-order valence-electron chi connectivity index (χ0n) is 13.7. The van der Waals surface area contributed by atoms with Crippen molar-refractivity contribution in [1.82, 2.24) is 20.1 Å². The van der Waals surface area contributed by atoms with E-state index in [-0.39, 0.29) is 23.2 Å². The van der Waals surface area contributed by atoms with Crippen LogP contribution in [-0.2, 0) is 4.79 Å². The molecule has 6 heteroatoms. The minimum atomic E-state index is -0.452. The van der Waals surface area contributed by atoms with Gasteiger partial charge in [-0.25, -0.2) is 4.98 Å². The summed E-state index contributed by atoms with van der Waals surface area (Å²) in [5.41, 5.74) is 0.708. The third-order valence-electron chi connectivity index (χ3n) is 5.33. The molecule has 1 aromatic heterocycles. The van der Waals surface area contributed by atoms with Gasteiger partial charge < -0.3 is 4.90 Å². The third kappa shape index (κ3) is 2.60. The van der Waals surface area contributed by atoms with Crippen LogP contribution < -0.4 is 0 Å². The van der Waals surface area contributed by atoms with E-state index >= 15 is 0 Å². The van der Waals surface area contributed by atoms with Crippen LogP contribution in [0.1, 0.15) is 31.5 Å². The fourth-order valence-corrected chi connectivity index (χ4v) is 3.44. The topological polar surface area (TPSA) is 61.9 Å². The maximum absolute atomic E-state index is 13.5. The second kappa shape index (κ2) is 5.69. The Morgan fingerprint density at radius 2 is 2.08 bits per heavy atom. The average molecular weight is 328 g/mol. The van der Waals surface area contributed by atoms with E-state index in [4.69, 9.17) is 0 Å². The highest BCUT2D eigenvalue weighted by Gasteiger charge is 2.50. The van der Waals surface area contributed by atoms with E-state index in [2.05, 4.69) is 15.2 Å². The number of aromatic amines is 1. The molecule has 2 aliphatic rings. The largest absolute Gasteiger partial charge is 0.341 e. The van der Waals surface area contributed by atoms with Crippen LogP contribution in [0.25, 0.3) is 11.4 Å². The minimum absolute atomic E-state index is 0.119. The number of halogens is 1. The van der Waals surface area contributed by atoms with Gasteiger partial charge in [-0.05, 0) is 12.8 Å². The lowest BCUT2D eigenvalue weighted by Gasteiger charge is -2.20. The Hall–Kier alpha value is -2.24. The minimum Gasteiger partial charge on any atom is -0.341 e. The van der Waals surface area contributed by atoms with Crippen molar-refractivity contribution in [3.8, 4) is 11.4 Å². The molecule has 126 valence electrons. The highest BCUT2D eigenvalue weighted by molar-refractivity contribution is 5.85. The van der Waals surface area contributed by atoms with Crippen LogP contribution in [-0.4, -0.2) is 45.8 Å². The molecule has 1 saturated carbocycles. The summed E-state index contributed by atoms with van der Waals surface area (Å²) in [5.74, 6) is 1.11. The third-order valence-corrected chi connectivity index (χ3v) is 5.33. The van der Waals surface area contributed by atoms with Gasteiger partial charge in [-0.3, -0.25) is 14.3 Å². The predicted molar refractivity (Wildman–Crippen MR) is 87.9 cm³/mol. The summed E-state index contributed by atoms with van der Waals surface area (Å²) in [4.78, 5) is 18.9. The second-order valence-electron chi connectivity index (χ2n) is 7.20. The number of benzene rings is 1. The van der Waals surface area contributed by atoms with Gasteiger partial charge in [0.15, 0.2) is 5.82 Å². The molecular weight excluding hydrogens is 307 g/mol. The first-order chi connectivity index (χ1) is 11.6. The van der Waals surface area contributed by atoms with Crippen LogP contribution in [0.2, 0.25) is 0 Å². The van der Waals surface area contributed by atoms with E-state index in [1.54, 1.807) is 0 Å². The molecule has 2 fully saturated rings. The van der Waals surface area contributed by atoms with Crippen molar-refractivity contribution in [1.29, 1.82) is 0 Å². The van der Waals surface area contributed by atoms with Crippen LogP contribution in [0.3, 0.4) is 0 Å². The lowest BCUT2D eigenvalue weighted by molar-refractivity contribution is -0.135. The van der Waals surface area contributed by atoms with Crippen LogP contribution in [0.5, 0.6) is 0 Å². The van der Waals surface area contributed by atoms with Crippen LogP contribution in [0.15, 0.2) is 30.3 Å². The Morgan fingerprint density at radius 3 is 2.75 bits per heavy atom. The number of nitrogens with zero attached hydrogens (tertiary/aromatic N) is 3. The number of amides is 1. The summed E-state index contributed by atoms with van der Waals surface area (Å²) < 4.78 is 13.5. The molecule has 1 N–H and O–H groups in total. The highest BCUT2D eigenvalue weighted by atomic mass is 19.1. The molecule has 1 aromatic carbocycles. The Balaban J connectivity index is 1.55. The summed E-state index contributed by atoms with van der Waals surface area (Å²) in [6, 6.07) is 9.69. The van der Waals surface area contributed by atoms with Crippen molar-refractivity contribution in [3.05, 3.63) is 36.2 Å². The number of carbonyl (C=O) groups excluding carboxylic acids is 1. The second-order valence-corrected chi connectivity index (χ2v) is 7.20. The van der Waals surface area contributed by atoms with Gasteiger partial charge in [0.1, 0.15) is 5.82 Å². The molecule has 1 aliphatic heterocycles. The van der Waals surface area contributed by atoms with Gasteiger partial charge in [0.05, 0.1) is 6.67 Å². The Bertz CT molecular complexity index is 740. The van der Waals surface area contributed by atoms with Gasteiger partial charge in [0, 0.05) is 35.9 Å². The SMILES string of the molecule is CC1(C(=O)N2C[C@@H](CF)[C@H](c3nc(-c4ccccc4)n[nH]3)C2)CC1. The molecule has 5 nitrogen and oxygen atoms in total. The number of alkyl halides is 1. The maximum Gasteiger partial charge on any atom is 0.228 e. The van der Waals surface area contributed by atoms with E-state index in [9.17, 15) is 9.18 Å². The fourth-order valence-electron chi connectivity index (χ4n) is 3.44. The Kier molecular flexibility index (Phi) is 3.62. The standard InChI is InChI=1S/C18H21FN4O/c1-18(7-8-18)17(24)23-10-13(9-19)14(11-23)16-20-15(21-22-16)12-5-3-2-4-6-12/h2-6,13-14H,7-11H2,1H3,(H,20,21,22)/t13-,14-/m1/s1.